The number of amides is 4. The van der Waals surface area contributed by atoms with E-state index in [1.54, 1.807) is 29.4 Å². The Labute approximate surface area is 185 Å². The first-order valence-corrected chi connectivity index (χ1v) is 11.3. The fraction of sp³-hybridized carbons (Fsp3) is 0.348. The summed E-state index contributed by atoms with van der Waals surface area (Å²) in [6.07, 6.45) is 2.04. The molecule has 2 aliphatic heterocycles. The number of carbonyl (C=O) groups is 3. The zero-order valence-electron chi connectivity index (χ0n) is 17.9. The van der Waals surface area contributed by atoms with Gasteiger partial charge in [-0.2, -0.15) is 11.3 Å². The van der Waals surface area contributed by atoms with Crippen LogP contribution in [0.15, 0.2) is 52.9 Å². The minimum atomic E-state index is -0.543. The van der Waals surface area contributed by atoms with E-state index in [4.69, 9.17) is 0 Å². The van der Waals surface area contributed by atoms with Crippen LogP contribution in [0.2, 0.25) is 0 Å². The Morgan fingerprint density at radius 1 is 1.16 bits per heavy atom. The van der Waals surface area contributed by atoms with Gasteiger partial charge >= 0.3 is 6.03 Å². The van der Waals surface area contributed by atoms with Crippen molar-refractivity contribution >= 4 is 29.2 Å². The van der Waals surface area contributed by atoms with Crippen molar-refractivity contribution in [3.8, 4) is 11.1 Å². The van der Waals surface area contributed by atoms with Crippen LogP contribution in [-0.4, -0.2) is 59.4 Å². The van der Waals surface area contributed by atoms with Gasteiger partial charge in [0.25, 0.3) is 5.91 Å². The van der Waals surface area contributed by atoms with Crippen molar-refractivity contribution < 1.29 is 14.4 Å². The van der Waals surface area contributed by atoms with Gasteiger partial charge in [0, 0.05) is 27.2 Å². The molecule has 1 saturated heterocycles. The molecule has 0 saturated carbocycles. The molecule has 2 aliphatic rings. The predicted octanol–water partition coefficient (Wildman–Crippen LogP) is 3.11. The zero-order chi connectivity index (χ0) is 22.1. The number of carbonyl (C=O) groups excluding carboxylic acids is 3. The van der Waals surface area contributed by atoms with Gasteiger partial charge in [0.1, 0.15) is 11.9 Å². The van der Waals surface area contributed by atoms with Crippen LogP contribution in [0.3, 0.4) is 0 Å². The second-order valence-electron chi connectivity index (χ2n) is 7.83. The van der Waals surface area contributed by atoms with Crippen LogP contribution in [0, 0.1) is 5.92 Å². The molecule has 2 atom stereocenters. The normalized spacial score (nSPS) is 20.7. The summed E-state index contributed by atoms with van der Waals surface area (Å²) in [4.78, 5) is 42.9. The molecule has 162 valence electrons. The van der Waals surface area contributed by atoms with E-state index in [1.807, 2.05) is 41.5 Å². The highest BCUT2D eigenvalue weighted by Crippen LogP contribution is 2.34. The second-order valence-corrected chi connectivity index (χ2v) is 8.61. The number of urea groups is 1. The molecule has 0 bridgehead atoms. The van der Waals surface area contributed by atoms with Crippen LogP contribution in [0.1, 0.15) is 18.9 Å². The van der Waals surface area contributed by atoms with Crippen LogP contribution in [0.5, 0.6) is 0 Å². The SMILES string of the molecule is CCCN1C(C(=O)NCc2ccccc2-c2ccsc2)=CC2C(=O)N(C)C(=O)N(C)C21. The number of fused-ring (bicyclic) bond motifs is 1. The van der Waals surface area contributed by atoms with E-state index in [9.17, 15) is 14.4 Å². The number of benzene rings is 1. The van der Waals surface area contributed by atoms with Gasteiger partial charge in [-0.05, 0) is 46.0 Å². The van der Waals surface area contributed by atoms with Crippen LogP contribution in [-0.2, 0) is 16.1 Å². The summed E-state index contributed by atoms with van der Waals surface area (Å²) >= 11 is 1.63. The maximum absolute atomic E-state index is 13.2. The van der Waals surface area contributed by atoms with Gasteiger partial charge in [-0.15, -0.1) is 0 Å². The molecule has 0 aliphatic carbocycles. The van der Waals surface area contributed by atoms with Crippen molar-refractivity contribution in [2.24, 2.45) is 5.92 Å². The summed E-state index contributed by atoms with van der Waals surface area (Å²) in [6.45, 7) is 2.97. The van der Waals surface area contributed by atoms with E-state index in [0.717, 1.165) is 28.0 Å². The molecule has 31 heavy (non-hydrogen) atoms. The van der Waals surface area contributed by atoms with Gasteiger partial charge in [-0.25, -0.2) is 4.79 Å². The molecular formula is C23H26N4O3S. The molecule has 1 aromatic carbocycles. The lowest BCUT2D eigenvalue weighted by Gasteiger charge is -2.43. The number of hydrogen-bond donors (Lipinski definition) is 1. The molecule has 2 aromatic rings. The minimum Gasteiger partial charge on any atom is -0.347 e. The zero-order valence-corrected chi connectivity index (χ0v) is 18.7. The van der Waals surface area contributed by atoms with E-state index >= 15 is 0 Å². The lowest BCUT2D eigenvalue weighted by Crippen LogP contribution is -2.62. The summed E-state index contributed by atoms with van der Waals surface area (Å²) < 4.78 is 0. The number of nitrogens with zero attached hydrogens (tertiary/aromatic N) is 3. The molecule has 0 spiro atoms. The van der Waals surface area contributed by atoms with Gasteiger partial charge < -0.3 is 15.1 Å². The van der Waals surface area contributed by atoms with Gasteiger partial charge in [0.05, 0.1) is 5.92 Å². The van der Waals surface area contributed by atoms with Crippen molar-refractivity contribution in [1.82, 2.24) is 20.0 Å². The van der Waals surface area contributed by atoms with Crippen LogP contribution in [0.4, 0.5) is 4.79 Å². The molecule has 1 aromatic heterocycles. The standard InChI is InChI=1S/C23H26N4O3S/c1-4-10-27-19(12-18-21(27)25(2)23(30)26(3)22(18)29)20(28)24-13-15-7-5-6-8-17(15)16-9-11-31-14-16/h5-9,11-12,14,18,21H,4,10,13H2,1-3H3,(H,24,28). The summed E-state index contributed by atoms with van der Waals surface area (Å²) in [6, 6.07) is 9.70. The third-order valence-corrected chi connectivity index (χ3v) is 6.56. The summed E-state index contributed by atoms with van der Waals surface area (Å²) in [7, 11) is 3.16. The molecule has 3 heterocycles. The van der Waals surface area contributed by atoms with Crippen molar-refractivity contribution in [3.63, 3.8) is 0 Å². The maximum Gasteiger partial charge on any atom is 0.327 e. The van der Waals surface area contributed by atoms with Gasteiger partial charge in [0.2, 0.25) is 5.91 Å². The summed E-state index contributed by atoms with van der Waals surface area (Å²) in [5.41, 5.74) is 3.69. The molecule has 8 heteroatoms. The van der Waals surface area contributed by atoms with Crippen LogP contribution >= 0.6 is 11.3 Å². The first-order valence-electron chi connectivity index (χ1n) is 10.4. The third-order valence-electron chi connectivity index (χ3n) is 5.87. The first kappa shape index (κ1) is 21.1. The topological polar surface area (TPSA) is 73.0 Å². The highest BCUT2D eigenvalue weighted by molar-refractivity contribution is 7.08. The first-order chi connectivity index (χ1) is 14.9. The van der Waals surface area contributed by atoms with E-state index in [0.29, 0.717) is 18.8 Å². The van der Waals surface area contributed by atoms with Gasteiger partial charge in [-0.1, -0.05) is 31.2 Å². The maximum atomic E-state index is 13.2. The summed E-state index contributed by atoms with van der Waals surface area (Å²) in [5, 5.41) is 7.14. The second kappa shape index (κ2) is 8.55. The highest BCUT2D eigenvalue weighted by atomic mass is 32.1. The number of hydrogen-bond acceptors (Lipinski definition) is 5. The van der Waals surface area contributed by atoms with Gasteiger partial charge in [-0.3, -0.25) is 14.5 Å². The van der Waals surface area contributed by atoms with Crippen LogP contribution < -0.4 is 5.32 Å². The quantitative estimate of drug-likeness (QED) is 0.752. The Bertz CT molecular complexity index is 1030. The Hall–Kier alpha value is -3.13. The number of thiophene rings is 1. The smallest absolute Gasteiger partial charge is 0.327 e. The van der Waals surface area contributed by atoms with E-state index in [1.165, 1.54) is 7.05 Å². The van der Waals surface area contributed by atoms with E-state index < -0.39 is 12.1 Å². The fourth-order valence-corrected chi connectivity index (χ4v) is 5.00. The van der Waals surface area contributed by atoms with Crippen molar-refractivity contribution in [2.45, 2.75) is 26.1 Å². The molecular weight excluding hydrogens is 412 g/mol. The Morgan fingerprint density at radius 3 is 2.65 bits per heavy atom. The van der Waals surface area contributed by atoms with Crippen LogP contribution in [0.25, 0.3) is 11.1 Å². The number of imide groups is 1. The molecule has 1 N–H and O–H groups in total. The monoisotopic (exact) mass is 438 g/mol. The lowest BCUT2D eigenvalue weighted by molar-refractivity contribution is -0.137. The Morgan fingerprint density at radius 2 is 1.94 bits per heavy atom. The van der Waals surface area contributed by atoms with E-state index in [-0.39, 0.29) is 17.8 Å². The molecule has 0 radical (unpaired) electrons. The lowest BCUT2D eigenvalue weighted by atomic mass is 10.0. The fourth-order valence-electron chi connectivity index (χ4n) is 4.34. The predicted molar refractivity (Wildman–Crippen MR) is 120 cm³/mol. The Balaban J connectivity index is 1.56. The molecule has 4 rings (SSSR count). The average Bonchev–Trinajstić information content (AvgIpc) is 3.44. The largest absolute Gasteiger partial charge is 0.347 e. The van der Waals surface area contributed by atoms with Gasteiger partial charge in [0.15, 0.2) is 0 Å². The number of nitrogens with one attached hydrogen (secondary N) is 1. The van der Waals surface area contributed by atoms with Crippen molar-refractivity contribution in [2.75, 3.05) is 20.6 Å². The molecule has 7 nitrogen and oxygen atoms in total. The third kappa shape index (κ3) is 3.72. The molecule has 2 unspecified atom stereocenters. The van der Waals surface area contributed by atoms with Crippen molar-refractivity contribution in [3.05, 3.63) is 58.4 Å². The highest BCUT2D eigenvalue weighted by Gasteiger charge is 2.50. The minimum absolute atomic E-state index is 0.237. The number of rotatable bonds is 6. The Kier molecular flexibility index (Phi) is 5.82. The van der Waals surface area contributed by atoms with E-state index in [2.05, 4.69) is 16.8 Å². The molecule has 1 fully saturated rings. The summed E-state index contributed by atoms with van der Waals surface area (Å²) in [5.74, 6) is -1.06. The molecule has 4 amide bonds. The average molecular weight is 439 g/mol. The van der Waals surface area contributed by atoms with Crippen molar-refractivity contribution in [1.29, 1.82) is 0 Å².